The minimum absolute atomic E-state index is 0.0508. The number of aromatic nitrogens is 2. The van der Waals surface area contributed by atoms with E-state index in [2.05, 4.69) is 10.3 Å². The summed E-state index contributed by atoms with van der Waals surface area (Å²) >= 11 is 0. The van der Waals surface area contributed by atoms with Crippen molar-refractivity contribution < 1.29 is 19.7 Å². The molecule has 1 aromatic heterocycles. The van der Waals surface area contributed by atoms with E-state index in [0.29, 0.717) is 5.01 Å². The smallest absolute Gasteiger partial charge is 0.342 e. The molecule has 24 heavy (non-hydrogen) atoms. The van der Waals surface area contributed by atoms with E-state index in [1.165, 1.54) is 13.1 Å². The first-order valence-corrected chi connectivity index (χ1v) is 6.95. The third-order valence-corrected chi connectivity index (χ3v) is 3.59. The first kappa shape index (κ1) is 17.8. The molecule has 0 spiro atoms. The van der Waals surface area contributed by atoms with Gasteiger partial charge in [0, 0.05) is 25.2 Å². The Bertz CT molecular complexity index is 744. The maximum atomic E-state index is 11.8. The number of aliphatic hydroxyl groups excluding tert-OH is 2. The molecule has 2 rings (SSSR count). The van der Waals surface area contributed by atoms with Crippen LogP contribution < -0.4 is 16.6 Å². The Morgan fingerprint density at radius 1 is 1.58 bits per heavy atom. The highest BCUT2D eigenvalue weighted by Crippen LogP contribution is 2.29. The second-order valence-corrected chi connectivity index (χ2v) is 5.34. The molecule has 0 saturated carbocycles. The Balaban J connectivity index is 2.13. The maximum absolute atomic E-state index is 11.8. The van der Waals surface area contributed by atoms with Gasteiger partial charge in [0.15, 0.2) is 6.23 Å². The van der Waals surface area contributed by atoms with Crippen LogP contribution in [0.5, 0.6) is 0 Å². The summed E-state index contributed by atoms with van der Waals surface area (Å²) in [5.74, 6) is 0. The van der Waals surface area contributed by atoms with Gasteiger partial charge in [-0.2, -0.15) is 5.01 Å². The fourth-order valence-corrected chi connectivity index (χ4v) is 2.27. The summed E-state index contributed by atoms with van der Waals surface area (Å²) in [6.07, 6.45) is -3.79. The van der Waals surface area contributed by atoms with E-state index in [9.17, 15) is 29.5 Å². The molecule has 0 aliphatic carbocycles. The van der Waals surface area contributed by atoms with Gasteiger partial charge in [-0.1, -0.05) is 0 Å². The number of hydrogen-bond donors (Lipinski definition) is 4. The Kier molecular flexibility index (Phi) is 5.11. The molecule has 12 heteroatoms. The van der Waals surface area contributed by atoms with Crippen LogP contribution in [0, 0.1) is 11.8 Å². The van der Waals surface area contributed by atoms with Gasteiger partial charge in [-0.25, -0.2) is 9.59 Å². The molecular weight excluding hydrogens is 326 g/mol. The van der Waals surface area contributed by atoms with Gasteiger partial charge < -0.3 is 20.3 Å². The van der Waals surface area contributed by atoms with Crippen LogP contribution in [0.25, 0.3) is 0 Å². The number of ether oxygens (including phenoxy) is 1. The number of aliphatic hydroxyl groups is 2. The van der Waals surface area contributed by atoms with Crippen LogP contribution in [0.15, 0.2) is 21.1 Å². The molecule has 1 aliphatic rings. The summed E-state index contributed by atoms with van der Waals surface area (Å²) in [4.78, 5) is 47.0. The molecule has 4 atom stereocenters. The van der Waals surface area contributed by atoms with Crippen molar-refractivity contribution in [3.8, 4) is 0 Å². The van der Waals surface area contributed by atoms with Gasteiger partial charge in [-0.15, -0.1) is 4.91 Å². The Labute approximate surface area is 134 Å². The monoisotopic (exact) mass is 343 g/mol. The van der Waals surface area contributed by atoms with Crippen molar-refractivity contribution in [2.75, 3.05) is 7.05 Å². The van der Waals surface area contributed by atoms with Crippen molar-refractivity contribution in [1.29, 1.82) is 0 Å². The van der Waals surface area contributed by atoms with E-state index in [-0.39, 0.29) is 12.0 Å². The van der Waals surface area contributed by atoms with Gasteiger partial charge >= 0.3 is 11.7 Å². The van der Waals surface area contributed by atoms with Crippen LogP contribution in [0.2, 0.25) is 0 Å². The first-order valence-electron chi connectivity index (χ1n) is 6.95. The minimum atomic E-state index is -1.64. The van der Waals surface area contributed by atoms with Crippen LogP contribution >= 0.6 is 0 Å². The second-order valence-electron chi connectivity index (χ2n) is 5.34. The zero-order chi connectivity index (χ0) is 18.0. The summed E-state index contributed by atoms with van der Waals surface area (Å²) < 4.78 is 6.49. The molecule has 1 fully saturated rings. The molecule has 0 radical (unpaired) electrons. The molecule has 1 aromatic rings. The fraction of sp³-hybridized carbons (Fsp3) is 0.583. The molecule has 1 saturated heterocycles. The SMILES string of the molecule is Cc1cn([C@H]2C[C@H](O)[C@@H](C(O)NC(=O)N(C)N=O)O2)c(=O)[nH]c1=O. The summed E-state index contributed by atoms with van der Waals surface area (Å²) in [6, 6.07) is -0.992. The van der Waals surface area contributed by atoms with E-state index in [0.717, 1.165) is 11.6 Å². The van der Waals surface area contributed by atoms with E-state index in [1.54, 1.807) is 0 Å². The predicted molar refractivity (Wildman–Crippen MR) is 78.7 cm³/mol. The van der Waals surface area contributed by atoms with E-state index < -0.39 is 41.9 Å². The Morgan fingerprint density at radius 3 is 2.88 bits per heavy atom. The van der Waals surface area contributed by atoms with Crippen LogP contribution in [0.4, 0.5) is 4.79 Å². The maximum Gasteiger partial charge on any atom is 0.342 e. The molecule has 132 valence electrons. The highest BCUT2D eigenvalue weighted by molar-refractivity contribution is 5.73. The summed E-state index contributed by atoms with van der Waals surface area (Å²) in [5.41, 5.74) is -1.00. The standard InChI is InChI=1S/C12H17N5O7/c1-5-4-17(12(22)13-9(5)19)7-3-6(18)8(24-7)10(20)14-11(21)16(2)15-23/h4,6-8,10,18,20H,3H2,1-2H3,(H,14,21)(H,13,19,22)/t6-,7+,8-,10?/m0/s1. The number of H-pyrrole nitrogens is 1. The number of hydrogen-bond acceptors (Lipinski definition) is 8. The third kappa shape index (κ3) is 3.50. The normalized spacial score (nSPS) is 24.4. The average molecular weight is 343 g/mol. The molecule has 0 aromatic carbocycles. The largest absolute Gasteiger partial charge is 0.390 e. The molecule has 2 amide bonds. The van der Waals surface area contributed by atoms with Gasteiger partial charge in [-0.3, -0.25) is 14.3 Å². The van der Waals surface area contributed by atoms with Crippen molar-refractivity contribution in [3.05, 3.63) is 37.5 Å². The third-order valence-electron chi connectivity index (χ3n) is 3.59. The number of rotatable bonds is 4. The minimum Gasteiger partial charge on any atom is -0.390 e. The fourth-order valence-electron chi connectivity index (χ4n) is 2.27. The van der Waals surface area contributed by atoms with Crippen molar-refractivity contribution in [2.45, 2.75) is 38.0 Å². The zero-order valence-electron chi connectivity index (χ0n) is 12.9. The highest BCUT2D eigenvalue weighted by atomic mass is 16.5. The molecule has 2 heterocycles. The number of aromatic amines is 1. The van der Waals surface area contributed by atoms with Gasteiger partial charge in [-0.05, 0) is 6.92 Å². The molecular formula is C12H17N5O7. The van der Waals surface area contributed by atoms with Crippen molar-refractivity contribution in [2.24, 2.45) is 5.29 Å². The number of nitroso groups, excluding NO2 is 1. The number of carbonyl (C=O) groups excluding carboxylic acids is 1. The Morgan fingerprint density at radius 2 is 2.25 bits per heavy atom. The number of nitrogens with zero attached hydrogens (tertiary/aromatic N) is 3. The lowest BCUT2D eigenvalue weighted by atomic mass is 10.1. The van der Waals surface area contributed by atoms with Gasteiger partial charge in [0.25, 0.3) is 5.56 Å². The van der Waals surface area contributed by atoms with E-state index in [4.69, 9.17) is 4.74 Å². The molecule has 0 bridgehead atoms. The summed E-state index contributed by atoms with van der Waals surface area (Å²) in [7, 11) is 1.08. The lowest BCUT2D eigenvalue weighted by Crippen LogP contribution is -2.49. The molecule has 12 nitrogen and oxygen atoms in total. The predicted octanol–water partition coefficient (Wildman–Crippen LogP) is -1.87. The average Bonchev–Trinajstić information content (AvgIpc) is 2.91. The first-order chi connectivity index (χ1) is 11.2. The van der Waals surface area contributed by atoms with Crippen LogP contribution in [0.1, 0.15) is 18.2 Å². The van der Waals surface area contributed by atoms with Gasteiger partial charge in [0.1, 0.15) is 12.3 Å². The van der Waals surface area contributed by atoms with Crippen LogP contribution in [-0.2, 0) is 4.74 Å². The number of nitrogens with one attached hydrogen (secondary N) is 2. The molecule has 1 unspecified atom stereocenters. The van der Waals surface area contributed by atoms with Crippen LogP contribution in [-0.4, -0.2) is 56.3 Å². The van der Waals surface area contributed by atoms with Gasteiger partial charge in [0.05, 0.1) is 11.4 Å². The van der Waals surface area contributed by atoms with Gasteiger partial charge in [0.2, 0.25) is 0 Å². The second kappa shape index (κ2) is 6.90. The topological polar surface area (TPSA) is 166 Å². The number of amides is 2. The highest BCUT2D eigenvalue weighted by Gasteiger charge is 2.40. The molecule has 4 N–H and O–H groups in total. The van der Waals surface area contributed by atoms with Crippen molar-refractivity contribution >= 4 is 6.03 Å². The lowest BCUT2D eigenvalue weighted by Gasteiger charge is -2.23. The Hall–Kier alpha value is -2.57. The van der Waals surface area contributed by atoms with Crippen molar-refractivity contribution in [3.63, 3.8) is 0 Å². The lowest BCUT2D eigenvalue weighted by molar-refractivity contribution is -0.0901. The van der Waals surface area contributed by atoms with E-state index >= 15 is 0 Å². The number of carbonyl (C=O) groups is 1. The molecule has 1 aliphatic heterocycles. The quantitative estimate of drug-likeness (QED) is 0.282. The zero-order valence-corrected chi connectivity index (χ0v) is 12.9. The van der Waals surface area contributed by atoms with Crippen LogP contribution in [0.3, 0.4) is 0 Å². The summed E-state index contributed by atoms with van der Waals surface area (Å²) in [6.45, 7) is 1.50. The van der Waals surface area contributed by atoms with Crippen molar-refractivity contribution in [1.82, 2.24) is 19.9 Å². The number of aryl methyl sites for hydroxylation is 1. The summed E-state index contributed by atoms with van der Waals surface area (Å²) in [5, 5.41) is 24.7. The number of urea groups is 1. The van der Waals surface area contributed by atoms with E-state index in [1.807, 2.05) is 5.32 Å².